The third-order valence-corrected chi connectivity index (χ3v) is 5.19. The van der Waals surface area contributed by atoms with Gasteiger partial charge in [0.05, 0.1) is 6.26 Å². The standard InChI is InChI=1S/C21H23N3O4/c25-19(14-8-10-24(11-9-14)21(27)18-5-2-12-28-18)23-17-4-1-3-15(13-17)20(26)22-16-6-7-16/h1-5,12-14,16H,6-11H2,(H,22,26)(H,23,25). The number of benzene rings is 1. The number of carbonyl (C=O) groups is 3. The van der Waals surface area contributed by atoms with Crippen LogP contribution in [0.5, 0.6) is 0 Å². The number of rotatable bonds is 5. The molecular formula is C21H23N3O4. The molecule has 1 aromatic heterocycles. The zero-order valence-electron chi connectivity index (χ0n) is 15.5. The van der Waals surface area contributed by atoms with E-state index in [0.717, 1.165) is 12.8 Å². The van der Waals surface area contributed by atoms with Crippen molar-refractivity contribution in [1.82, 2.24) is 10.2 Å². The Morgan fingerprint density at radius 1 is 1.00 bits per heavy atom. The summed E-state index contributed by atoms with van der Waals surface area (Å²) in [6, 6.07) is 10.6. The molecule has 7 heteroatoms. The first kappa shape index (κ1) is 18.3. The molecule has 0 unspecified atom stereocenters. The first-order chi connectivity index (χ1) is 13.6. The molecule has 2 aliphatic rings. The zero-order valence-corrected chi connectivity index (χ0v) is 15.5. The second-order valence-electron chi connectivity index (χ2n) is 7.36. The van der Waals surface area contributed by atoms with Crippen LogP contribution in [0.25, 0.3) is 0 Å². The minimum atomic E-state index is -0.162. The third kappa shape index (κ3) is 4.24. The SMILES string of the molecule is O=C(NC1CC1)c1cccc(NC(=O)C2CCN(C(=O)c3ccco3)CC2)c1. The number of hydrogen-bond donors (Lipinski definition) is 2. The summed E-state index contributed by atoms with van der Waals surface area (Å²) < 4.78 is 5.16. The lowest BCUT2D eigenvalue weighted by Crippen LogP contribution is -2.41. The fourth-order valence-corrected chi connectivity index (χ4v) is 3.38. The van der Waals surface area contributed by atoms with Crippen LogP contribution < -0.4 is 10.6 Å². The first-order valence-corrected chi connectivity index (χ1v) is 9.65. The van der Waals surface area contributed by atoms with Crippen LogP contribution in [0.2, 0.25) is 0 Å². The Balaban J connectivity index is 1.31. The molecular weight excluding hydrogens is 358 g/mol. The van der Waals surface area contributed by atoms with Crippen molar-refractivity contribution in [2.24, 2.45) is 5.92 Å². The quantitative estimate of drug-likeness (QED) is 0.833. The maximum Gasteiger partial charge on any atom is 0.289 e. The number of amides is 3. The lowest BCUT2D eigenvalue weighted by molar-refractivity contribution is -0.121. The Kier molecular flexibility index (Phi) is 5.14. The van der Waals surface area contributed by atoms with Crippen LogP contribution in [0.4, 0.5) is 5.69 Å². The summed E-state index contributed by atoms with van der Waals surface area (Å²) in [6.45, 7) is 1.03. The molecule has 2 fully saturated rings. The van der Waals surface area contributed by atoms with Gasteiger partial charge in [-0.3, -0.25) is 14.4 Å². The molecule has 1 aliphatic carbocycles. The van der Waals surface area contributed by atoms with E-state index in [4.69, 9.17) is 4.42 Å². The number of anilines is 1. The molecule has 1 aliphatic heterocycles. The van der Waals surface area contributed by atoms with Gasteiger partial charge in [0.15, 0.2) is 5.76 Å². The van der Waals surface area contributed by atoms with E-state index in [0.29, 0.717) is 49.0 Å². The van der Waals surface area contributed by atoms with Crippen molar-refractivity contribution in [3.05, 3.63) is 54.0 Å². The fraction of sp³-hybridized carbons (Fsp3) is 0.381. The van der Waals surface area contributed by atoms with Gasteiger partial charge in [-0.25, -0.2) is 0 Å². The second-order valence-corrected chi connectivity index (χ2v) is 7.36. The number of furan rings is 1. The van der Waals surface area contributed by atoms with Crippen LogP contribution in [0.3, 0.4) is 0 Å². The summed E-state index contributed by atoms with van der Waals surface area (Å²) in [6.07, 6.45) is 4.74. The zero-order chi connectivity index (χ0) is 19.5. The lowest BCUT2D eigenvalue weighted by atomic mass is 9.95. The van der Waals surface area contributed by atoms with E-state index in [-0.39, 0.29) is 23.6 Å². The van der Waals surface area contributed by atoms with Gasteiger partial charge < -0.3 is 20.0 Å². The molecule has 1 saturated carbocycles. The molecule has 0 bridgehead atoms. The van der Waals surface area contributed by atoms with Gasteiger partial charge in [-0.05, 0) is 56.0 Å². The monoisotopic (exact) mass is 381 g/mol. The van der Waals surface area contributed by atoms with E-state index in [2.05, 4.69) is 10.6 Å². The highest BCUT2D eigenvalue weighted by molar-refractivity contribution is 5.98. The molecule has 0 atom stereocenters. The molecule has 2 heterocycles. The summed E-state index contributed by atoms with van der Waals surface area (Å²) in [5, 5.41) is 5.85. The third-order valence-electron chi connectivity index (χ3n) is 5.19. The number of nitrogens with one attached hydrogen (secondary N) is 2. The van der Waals surface area contributed by atoms with E-state index >= 15 is 0 Å². The molecule has 2 aromatic rings. The van der Waals surface area contributed by atoms with Crippen LogP contribution in [0.1, 0.15) is 46.6 Å². The number of carbonyl (C=O) groups excluding carboxylic acids is 3. The molecule has 7 nitrogen and oxygen atoms in total. The molecule has 1 aromatic carbocycles. The Morgan fingerprint density at radius 3 is 2.46 bits per heavy atom. The van der Waals surface area contributed by atoms with Crippen molar-refractivity contribution in [3.63, 3.8) is 0 Å². The molecule has 146 valence electrons. The van der Waals surface area contributed by atoms with Gasteiger partial charge in [0.1, 0.15) is 0 Å². The van der Waals surface area contributed by atoms with Gasteiger partial charge in [0.25, 0.3) is 11.8 Å². The minimum Gasteiger partial charge on any atom is -0.459 e. The van der Waals surface area contributed by atoms with Crippen molar-refractivity contribution in [1.29, 1.82) is 0 Å². The Hall–Kier alpha value is -3.09. The highest BCUT2D eigenvalue weighted by atomic mass is 16.3. The van der Waals surface area contributed by atoms with Crippen LogP contribution in [-0.4, -0.2) is 41.8 Å². The maximum atomic E-state index is 12.6. The van der Waals surface area contributed by atoms with Crippen LogP contribution >= 0.6 is 0 Å². The van der Waals surface area contributed by atoms with Crippen LogP contribution in [0.15, 0.2) is 47.1 Å². The van der Waals surface area contributed by atoms with Crippen LogP contribution in [-0.2, 0) is 4.79 Å². The molecule has 0 radical (unpaired) electrons. The van der Waals surface area contributed by atoms with Gasteiger partial charge in [-0.2, -0.15) is 0 Å². The Labute approximate surface area is 163 Å². The summed E-state index contributed by atoms with van der Waals surface area (Å²) in [5.41, 5.74) is 1.16. The van der Waals surface area contributed by atoms with Crippen LogP contribution in [0, 0.1) is 5.92 Å². The van der Waals surface area contributed by atoms with Crippen molar-refractivity contribution >= 4 is 23.4 Å². The topological polar surface area (TPSA) is 91.7 Å². The van der Waals surface area contributed by atoms with E-state index in [1.54, 1.807) is 41.3 Å². The molecule has 1 saturated heterocycles. The summed E-state index contributed by atoms with van der Waals surface area (Å²) in [4.78, 5) is 38.8. The largest absolute Gasteiger partial charge is 0.459 e. The van der Waals surface area contributed by atoms with E-state index in [1.807, 2.05) is 0 Å². The van der Waals surface area contributed by atoms with Crippen molar-refractivity contribution in [2.45, 2.75) is 31.7 Å². The summed E-state index contributed by atoms with van der Waals surface area (Å²) >= 11 is 0. The van der Waals surface area contributed by atoms with Gasteiger partial charge in [-0.15, -0.1) is 0 Å². The average molecular weight is 381 g/mol. The van der Waals surface area contributed by atoms with Gasteiger partial charge in [0.2, 0.25) is 5.91 Å². The van der Waals surface area contributed by atoms with Gasteiger partial charge in [-0.1, -0.05) is 6.07 Å². The predicted molar refractivity (Wildman–Crippen MR) is 103 cm³/mol. The first-order valence-electron chi connectivity index (χ1n) is 9.65. The smallest absolute Gasteiger partial charge is 0.289 e. The van der Waals surface area contributed by atoms with Crippen molar-refractivity contribution < 1.29 is 18.8 Å². The highest BCUT2D eigenvalue weighted by Gasteiger charge is 2.29. The molecule has 3 amide bonds. The summed E-state index contributed by atoms with van der Waals surface area (Å²) in [7, 11) is 0. The highest BCUT2D eigenvalue weighted by Crippen LogP contribution is 2.22. The van der Waals surface area contributed by atoms with Gasteiger partial charge >= 0.3 is 0 Å². The number of nitrogens with zero attached hydrogens (tertiary/aromatic N) is 1. The van der Waals surface area contributed by atoms with Gasteiger partial charge in [0, 0.05) is 36.3 Å². The van der Waals surface area contributed by atoms with E-state index in [1.165, 1.54) is 6.26 Å². The number of piperidine rings is 1. The molecule has 2 N–H and O–H groups in total. The number of likely N-dealkylation sites (tertiary alicyclic amines) is 1. The van der Waals surface area contributed by atoms with E-state index < -0.39 is 0 Å². The normalized spacial score (nSPS) is 17.2. The molecule has 0 spiro atoms. The predicted octanol–water partition coefficient (Wildman–Crippen LogP) is 2.66. The summed E-state index contributed by atoms with van der Waals surface area (Å²) in [5.74, 6) is -0.166. The molecule has 28 heavy (non-hydrogen) atoms. The van der Waals surface area contributed by atoms with E-state index in [9.17, 15) is 14.4 Å². The second kappa shape index (κ2) is 7.88. The minimum absolute atomic E-state index is 0.0788. The Morgan fingerprint density at radius 2 is 1.79 bits per heavy atom. The number of hydrogen-bond acceptors (Lipinski definition) is 4. The fourth-order valence-electron chi connectivity index (χ4n) is 3.38. The average Bonchev–Trinajstić information content (AvgIpc) is 3.36. The van der Waals surface area contributed by atoms with Crippen molar-refractivity contribution in [3.8, 4) is 0 Å². The Bertz CT molecular complexity index is 866. The van der Waals surface area contributed by atoms with Crippen molar-refractivity contribution in [2.75, 3.05) is 18.4 Å². The molecule has 4 rings (SSSR count). The maximum absolute atomic E-state index is 12.6. The lowest BCUT2D eigenvalue weighted by Gasteiger charge is -2.30.